The molecular weight excluding hydrogens is 321 g/mol. The number of rotatable bonds is 4. The lowest BCUT2D eigenvalue weighted by molar-refractivity contribution is -0.132. The molecule has 0 radical (unpaired) electrons. The zero-order valence-corrected chi connectivity index (χ0v) is 14.2. The van der Waals surface area contributed by atoms with Gasteiger partial charge in [-0.2, -0.15) is 0 Å². The molecule has 0 aliphatic carbocycles. The maximum absolute atomic E-state index is 15.0. The molecule has 0 bridgehead atoms. The fourth-order valence-electron chi connectivity index (χ4n) is 3.39. The standard InChI is InChI=1S/C19H22FN3O2/c1-3-4-10-23-11-14(19(2)8-9-22-16(19)18(23)25)12-6-5-7-13(15(12)20)17(21)24/h3-9,11,16-17,22,24H,10,21H2,1-2H3/b4-3+. The normalized spacial score (nSPS) is 26.6. The van der Waals surface area contributed by atoms with E-state index in [1.807, 2.05) is 32.1 Å². The van der Waals surface area contributed by atoms with Crippen LogP contribution in [0.25, 0.3) is 5.57 Å². The summed E-state index contributed by atoms with van der Waals surface area (Å²) in [5.74, 6) is -0.630. The van der Waals surface area contributed by atoms with Crippen LogP contribution in [-0.4, -0.2) is 28.5 Å². The third kappa shape index (κ3) is 2.77. The summed E-state index contributed by atoms with van der Waals surface area (Å²) in [5.41, 5.74) is 5.82. The molecule has 1 aromatic carbocycles. The van der Waals surface area contributed by atoms with Crippen LogP contribution in [0.1, 0.15) is 31.2 Å². The van der Waals surface area contributed by atoms with Gasteiger partial charge in [-0.05, 0) is 25.6 Å². The SMILES string of the molecule is C/C=C/CN1C=C(c2cccc(C(N)O)c2F)C2(C)C=CNC2C1=O. The third-order valence-electron chi connectivity index (χ3n) is 4.86. The minimum atomic E-state index is -1.40. The zero-order valence-electron chi connectivity index (χ0n) is 14.2. The second-order valence-electron chi connectivity index (χ2n) is 6.47. The number of hydrogen-bond donors (Lipinski definition) is 3. The molecule has 6 heteroatoms. The molecule has 1 aromatic rings. The number of nitrogens with zero attached hydrogens (tertiary/aromatic N) is 1. The molecule has 0 saturated heterocycles. The summed E-state index contributed by atoms with van der Waals surface area (Å²) in [6.45, 7) is 4.19. The average molecular weight is 343 g/mol. The second-order valence-corrected chi connectivity index (χ2v) is 6.47. The Morgan fingerprint density at radius 1 is 1.52 bits per heavy atom. The van der Waals surface area contributed by atoms with Crippen molar-refractivity contribution in [2.75, 3.05) is 6.54 Å². The van der Waals surface area contributed by atoms with Crippen molar-refractivity contribution in [1.82, 2.24) is 10.2 Å². The number of nitrogens with one attached hydrogen (secondary N) is 1. The van der Waals surface area contributed by atoms with Crippen molar-refractivity contribution < 1.29 is 14.3 Å². The van der Waals surface area contributed by atoms with Crippen LogP contribution >= 0.6 is 0 Å². The van der Waals surface area contributed by atoms with E-state index < -0.39 is 23.5 Å². The molecule has 1 amide bonds. The van der Waals surface area contributed by atoms with Crippen molar-refractivity contribution in [3.05, 3.63) is 65.8 Å². The number of carbonyl (C=O) groups excluding carboxylic acids is 1. The summed E-state index contributed by atoms with van der Waals surface area (Å²) in [6, 6.07) is 4.26. The fraction of sp³-hybridized carbons (Fsp3) is 0.316. The Labute approximate surface area is 146 Å². The maximum atomic E-state index is 15.0. The summed E-state index contributed by atoms with van der Waals surface area (Å²) in [5, 5.41) is 12.7. The van der Waals surface area contributed by atoms with Gasteiger partial charge in [0, 0.05) is 29.3 Å². The molecular formula is C19H22FN3O2. The number of halogens is 1. The van der Waals surface area contributed by atoms with Crippen LogP contribution < -0.4 is 11.1 Å². The summed E-state index contributed by atoms with van der Waals surface area (Å²) >= 11 is 0. The van der Waals surface area contributed by atoms with Gasteiger partial charge in [0.05, 0.1) is 0 Å². The molecule has 3 rings (SSSR count). The summed E-state index contributed by atoms with van der Waals surface area (Å²) < 4.78 is 15.0. The predicted octanol–water partition coefficient (Wildman–Crippen LogP) is 2.03. The molecule has 0 fully saturated rings. The number of fused-ring (bicyclic) bond motifs is 1. The Bertz CT molecular complexity index is 785. The van der Waals surface area contributed by atoms with Crippen LogP contribution in [0.15, 0.2) is 48.8 Å². The smallest absolute Gasteiger partial charge is 0.250 e. The molecule has 25 heavy (non-hydrogen) atoms. The van der Waals surface area contributed by atoms with Crippen molar-refractivity contribution in [3.8, 4) is 0 Å². The van der Waals surface area contributed by atoms with Crippen LogP contribution in [-0.2, 0) is 4.79 Å². The predicted molar refractivity (Wildman–Crippen MR) is 94.2 cm³/mol. The molecule has 2 aliphatic rings. The lowest BCUT2D eigenvalue weighted by atomic mass is 9.72. The molecule has 3 atom stereocenters. The number of hydrogen-bond acceptors (Lipinski definition) is 4. The Kier molecular flexibility index (Phi) is 4.49. The van der Waals surface area contributed by atoms with Crippen molar-refractivity contribution in [3.63, 3.8) is 0 Å². The van der Waals surface area contributed by atoms with Crippen molar-refractivity contribution in [2.24, 2.45) is 11.1 Å². The first-order valence-corrected chi connectivity index (χ1v) is 8.20. The quantitative estimate of drug-likeness (QED) is 0.577. The highest BCUT2D eigenvalue weighted by Gasteiger charge is 2.48. The molecule has 0 saturated carbocycles. The van der Waals surface area contributed by atoms with Gasteiger partial charge in [0.1, 0.15) is 18.1 Å². The minimum absolute atomic E-state index is 0.0328. The van der Waals surface area contributed by atoms with E-state index in [1.54, 1.807) is 29.4 Å². The highest BCUT2D eigenvalue weighted by molar-refractivity contribution is 5.94. The number of aliphatic hydroxyl groups is 1. The van der Waals surface area contributed by atoms with Crippen LogP contribution in [0, 0.1) is 11.2 Å². The summed E-state index contributed by atoms with van der Waals surface area (Å²) in [6.07, 6.45) is 7.63. The molecule has 0 spiro atoms. The molecule has 0 aromatic heterocycles. The van der Waals surface area contributed by atoms with E-state index in [-0.39, 0.29) is 11.5 Å². The van der Waals surface area contributed by atoms with Gasteiger partial charge >= 0.3 is 0 Å². The van der Waals surface area contributed by atoms with Crippen molar-refractivity contribution in [2.45, 2.75) is 26.1 Å². The molecule has 4 N–H and O–H groups in total. The van der Waals surface area contributed by atoms with E-state index in [4.69, 9.17) is 5.73 Å². The Morgan fingerprint density at radius 2 is 2.28 bits per heavy atom. The van der Waals surface area contributed by atoms with E-state index in [0.29, 0.717) is 17.7 Å². The number of benzene rings is 1. The molecule has 132 valence electrons. The van der Waals surface area contributed by atoms with Gasteiger partial charge in [-0.15, -0.1) is 0 Å². The lowest BCUT2D eigenvalue weighted by Crippen LogP contribution is -2.52. The van der Waals surface area contributed by atoms with Gasteiger partial charge in [-0.25, -0.2) is 4.39 Å². The molecule has 2 aliphatic heterocycles. The third-order valence-corrected chi connectivity index (χ3v) is 4.86. The highest BCUT2D eigenvalue weighted by Crippen LogP contribution is 2.46. The highest BCUT2D eigenvalue weighted by atomic mass is 19.1. The van der Waals surface area contributed by atoms with E-state index in [2.05, 4.69) is 5.32 Å². The number of aliphatic hydroxyl groups excluding tert-OH is 1. The Balaban J connectivity index is 2.16. The topological polar surface area (TPSA) is 78.6 Å². The van der Waals surface area contributed by atoms with Crippen molar-refractivity contribution in [1.29, 1.82) is 0 Å². The molecule has 5 nitrogen and oxygen atoms in total. The number of nitrogens with two attached hydrogens (primary N) is 1. The van der Waals surface area contributed by atoms with E-state index in [1.165, 1.54) is 6.07 Å². The Hall–Kier alpha value is -2.44. The second kappa shape index (κ2) is 6.46. The van der Waals surface area contributed by atoms with Gasteiger partial charge < -0.3 is 21.1 Å². The van der Waals surface area contributed by atoms with Gasteiger partial charge in [-0.1, -0.05) is 36.4 Å². The van der Waals surface area contributed by atoms with Gasteiger partial charge in [0.2, 0.25) is 0 Å². The monoisotopic (exact) mass is 343 g/mol. The lowest BCUT2D eigenvalue weighted by Gasteiger charge is -2.40. The number of carbonyl (C=O) groups is 1. The number of allylic oxidation sites excluding steroid dienone is 1. The van der Waals surface area contributed by atoms with E-state index >= 15 is 0 Å². The average Bonchev–Trinajstić information content (AvgIpc) is 2.98. The summed E-state index contributed by atoms with van der Waals surface area (Å²) in [7, 11) is 0. The summed E-state index contributed by atoms with van der Waals surface area (Å²) in [4.78, 5) is 14.3. The minimum Gasteiger partial charge on any atom is -0.379 e. The van der Waals surface area contributed by atoms with Crippen molar-refractivity contribution >= 4 is 11.5 Å². The largest absolute Gasteiger partial charge is 0.379 e. The van der Waals surface area contributed by atoms with E-state index in [9.17, 15) is 14.3 Å². The van der Waals surface area contributed by atoms with Crippen LogP contribution in [0.2, 0.25) is 0 Å². The first-order valence-electron chi connectivity index (χ1n) is 8.20. The zero-order chi connectivity index (χ0) is 18.2. The molecule has 2 heterocycles. The van der Waals surface area contributed by atoms with Gasteiger partial charge in [0.15, 0.2) is 0 Å². The maximum Gasteiger partial charge on any atom is 0.250 e. The Morgan fingerprint density at radius 3 is 2.96 bits per heavy atom. The van der Waals surface area contributed by atoms with Gasteiger partial charge in [-0.3, -0.25) is 4.79 Å². The first kappa shape index (κ1) is 17.4. The number of amides is 1. The van der Waals surface area contributed by atoms with Crippen LogP contribution in [0.4, 0.5) is 4.39 Å². The van der Waals surface area contributed by atoms with E-state index in [0.717, 1.165) is 0 Å². The van der Waals surface area contributed by atoms with Crippen LogP contribution in [0.3, 0.4) is 0 Å². The van der Waals surface area contributed by atoms with Gasteiger partial charge in [0.25, 0.3) is 5.91 Å². The first-order chi connectivity index (χ1) is 11.9. The molecule has 3 unspecified atom stereocenters. The fourth-order valence-corrected chi connectivity index (χ4v) is 3.39. The van der Waals surface area contributed by atoms with Crippen LogP contribution in [0.5, 0.6) is 0 Å².